The summed E-state index contributed by atoms with van der Waals surface area (Å²) in [5, 5.41) is 3.32. The maximum Gasteiger partial charge on any atom is 0.258 e. The molecule has 5 N–H and O–H groups in total. The summed E-state index contributed by atoms with van der Waals surface area (Å²) in [6.07, 6.45) is 1.86. The molecule has 1 aliphatic rings. The highest BCUT2D eigenvalue weighted by molar-refractivity contribution is 6.06. The number of hydrogen-bond acceptors (Lipinski definition) is 6. The van der Waals surface area contributed by atoms with Gasteiger partial charge in [-0.25, -0.2) is 4.99 Å². The number of aliphatic imine (C=N–C) groups is 1. The highest BCUT2D eigenvalue weighted by Crippen LogP contribution is 2.23. The molecule has 2 aromatic rings. The van der Waals surface area contributed by atoms with Gasteiger partial charge < -0.3 is 21.7 Å². The highest BCUT2D eigenvalue weighted by Gasteiger charge is 2.43. The van der Waals surface area contributed by atoms with Crippen molar-refractivity contribution in [3.63, 3.8) is 0 Å². The van der Waals surface area contributed by atoms with Gasteiger partial charge in [0.2, 0.25) is 0 Å². The van der Waals surface area contributed by atoms with Gasteiger partial charge in [-0.1, -0.05) is 38.1 Å². The van der Waals surface area contributed by atoms with Crippen molar-refractivity contribution in [1.29, 1.82) is 0 Å². The Morgan fingerprint density at radius 3 is 2.41 bits per heavy atom. The van der Waals surface area contributed by atoms with Crippen LogP contribution in [0.1, 0.15) is 55.1 Å². The molecule has 1 aliphatic heterocycles. The van der Waals surface area contributed by atoms with E-state index in [1.54, 1.807) is 13.0 Å². The van der Waals surface area contributed by atoms with Crippen LogP contribution in [-0.4, -0.2) is 52.7 Å². The van der Waals surface area contributed by atoms with Crippen molar-refractivity contribution in [3.05, 3.63) is 65.2 Å². The number of benzene rings is 2. The van der Waals surface area contributed by atoms with E-state index in [-0.39, 0.29) is 17.8 Å². The lowest BCUT2D eigenvalue weighted by molar-refractivity contribution is -0.131. The lowest BCUT2D eigenvalue weighted by Gasteiger charge is -2.23. The molecular formula is C26H36N6O2. The van der Waals surface area contributed by atoms with Crippen LogP contribution in [-0.2, 0) is 17.9 Å². The summed E-state index contributed by atoms with van der Waals surface area (Å²) in [6, 6.07) is 15.0. The van der Waals surface area contributed by atoms with Crippen LogP contribution in [0.2, 0.25) is 0 Å². The lowest BCUT2D eigenvalue weighted by Crippen LogP contribution is -2.47. The zero-order chi connectivity index (χ0) is 24.7. The van der Waals surface area contributed by atoms with Gasteiger partial charge in [0, 0.05) is 37.4 Å². The molecule has 0 bridgehead atoms. The van der Waals surface area contributed by atoms with E-state index < -0.39 is 5.54 Å². The minimum absolute atomic E-state index is 0.0537. The van der Waals surface area contributed by atoms with Gasteiger partial charge in [-0.05, 0) is 55.2 Å². The third-order valence-corrected chi connectivity index (χ3v) is 5.88. The number of carbonyl (C=O) groups excluding carboxylic acids is 2. The molecule has 0 saturated carbocycles. The summed E-state index contributed by atoms with van der Waals surface area (Å²) < 4.78 is 0. The molecule has 0 fully saturated rings. The van der Waals surface area contributed by atoms with Gasteiger partial charge in [-0.15, -0.1) is 0 Å². The summed E-state index contributed by atoms with van der Waals surface area (Å²) in [5.74, 6) is 0.105. The maximum absolute atomic E-state index is 13.1. The first-order chi connectivity index (χ1) is 16.3. The number of amides is 2. The average Bonchev–Trinajstić information content (AvgIpc) is 3.02. The van der Waals surface area contributed by atoms with E-state index in [0.717, 1.165) is 37.1 Å². The quantitative estimate of drug-likeness (QED) is 0.442. The molecule has 8 heteroatoms. The number of hydrogen-bond donors (Lipinski definition) is 3. The van der Waals surface area contributed by atoms with E-state index in [4.69, 9.17) is 11.5 Å². The van der Waals surface area contributed by atoms with Crippen molar-refractivity contribution in [1.82, 2.24) is 15.1 Å². The van der Waals surface area contributed by atoms with Gasteiger partial charge >= 0.3 is 0 Å². The summed E-state index contributed by atoms with van der Waals surface area (Å²) in [6.45, 7) is 8.60. The molecule has 8 nitrogen and oxygen atoms in total. The number of nitrogens with two attached hydrogens (primary N) is 2. The molecule has 1 heterocycles. The van der Waals surface area contributed by atoms with Crippen molar-refractivity contribution < 1.29 is 9.59 Å². The first kappa shape index (κ1) is 25.2. The standard InChI is InChI=1S/C26H36N6O2/c1-4-12-31(13-5-2)23(33)21-10-6-8-19(14-21)16-29-18-26(3)24(34)32(25(28)30-26)17-20-9-7-11-22(27)15-20/h6-11,14-15,29H,4-5,12-13,16-18,27H2,1-3H3,(H2,28,30). The van der Waals surface area contributed by atoms with Crippen LogP contribution in [0.3, 0.4) is 0 Å². The molecule has 0 radical (unpaired) electrons. The van der Waals surface area contributed by atoms with Gasteiger partial charge in [0.15, 0.2) is 11.5 Å². The summed E-state index contributed by atoms with van der Waals surface area (Å²) >= 11 is 0. The van der Waals surface area contributed by atoms with E-state index in [0.29, 0.717) is 30.9 Å². The van der Waals surface area contributed by atoms with Crippen molar-refractivity contribution in [2.75, 3.05) is 25.4 Å². The van der Waals surface area contributed by atoms with Crippen LogP contribution in [0.5, 0.6) is 0 Å². The molecule has 3 rings (SSSR count). The maximum atomic E-state index is 13.1. The van der Waals surface area contributed by atoms with E-state index in [1.807, 2.05) is 47.4 Å². The number of anilines is 1. The largest absolute Gasteiger partial charge is 0.399 e. The number of carbonyl (C=O) groups is 2. The third kappa shape index (κ3) is 5.94. The lowest BCUT2D eigenvalue weighted by atomic mass is 10.0. The van der Waals surface area contributed by atoms with Crippen molar-refractivity contribution in [2.45, 2.75) is 52.2 Å². The summed E-state index contributed by atoms with van der Waals surface area (Å²) in [7, 11) is 0. The molecule has 0 saturated heterocycles. The predicted octanol–water partition coefficient (Wildman–Crippen LogP) is 2.74. The molecule has 2 aromatic carbocycles. The highest BCUT2D eigenvalue weighted by atomic mass is 16.2. The molecular weight excluding hydrogens is 428 g/mol. The third-order valence-electron chi connectivity index (χ3n) is 5.88. The Bertz CT molecular complexity index is 1050. The minimum atomic E-state index is -0.989. The Balaban J connectivity index is 1.61. The molecule has 0 aromatic heterocycles. The second kappa shape index (κ2) is 11.2. The van der Waals surface area contributed by atoms with Crippen LogP contribution in [0, 0.1) is 0 Å². The smallest absolute Gasteiger partial charge is 0.258 e. The first-order valence-electron chi connectivity index (χ1n) is 11.9. The Kier molecular flexibility index (Phi) is 8.28. The molecule has 1 atom stereocenters. The molecule has 2 amide bonds. The molecule has 0 aliphatic carbocycles. The van der Waals surface area contributed by atoms with Gasteiger partial charge in [-0.3, -0.25) is 14.5 Å². The number of nitrogens with zero attached hydrogens (tertiary/aromatic N) is 3. The van der Waals surface area contributed by atoms with Crippen LogP contribution in [0.15, 0.2) is 53.5 Å². The van der Waals surface area contributed by atoms with E-state index in [9.17, 15) is 9.59 Å². The van der Waals surface area contributed by atoms with Gasteiger partial charge in [-0.2, -0.15) is 0 Å². The monoisotopic (exact) mass is 464 g/mol. The van der Waals surface area contributed by atoms with Crippen LogP contribution < -0.4 is 16.8 Å². The number of nitrogen functional groups attached to an aromatic ring is 1. The fourth-order valence-electron chi connectivity index (χ4n) is 4.20. The van der Waals surface area contributed by atoms with Gasteiger partial charge in [0.25, 0.3) is 11.8 Å². The fourth-order valence-corrected chi connectivity index (χ4v) is 4.20. The molecule has 182 valence electrons. The van der Waals surface area contributed by atoms with E-state index in [2.05, 4.69) is 24.2 Å². The first-order valence-corrected chi connectivity index (χ1v) is 11.9. The Morgan fingerprint density at radius 2 is 1.74 bits per heavy atom. The van der Waals surface area contributed by atoms with Crippen LogP contribution in [0.25, 0.3) is 0 Å². The van der Waals surface area contributed by atoms with Gasteiger partial charge in [0.05, 0.1) is 6.54 Å². The molecule has 0 spiro atoms. The zero-order valence-corrected chi connectivity index (χ0v) is 20.4. The molecule has 1 unspecified atom stereocenters. The minimum Gasteiger partial charge on any atom is -0.399 e. The van der Waals surface area contributed by atoms with Crippen molar-refractivity contribution in [2.24, 2.45) is 10.7 Å². The number of guanidine groups is 1. The Hall–Kier alpha value is -3.39. The predicted molar refractivity (Wildman–Crippen MR) is 136 cm³/mol. The second-order valence-corrected chi connectivity index (χ2v) is 8.98. The Morgan fingerprint density at radius 1 is 1.06 bits per heavy atom. The molecule has 34 heavy (non-hydrogen) atoms. The average molecular weight is 465 g/mol. The fraction of sp³-hybridized carbons (Fsp3) is 0.423. The summed E-state index contributed by atoms with van der Waals surface area (Å²) in [5.41, 5.74) is 14.1. The SMILES string of the molecule is CCCN(CCC)C(=O)c1cccc(CNCC2(C)N=C(N)N(Cc3cccc(N)c3)C2=O)c1. The number of rotatable bonds is 11. The normalized spacial score (nSPS) is 17.7. The zero-order valence-electron chi connectivity index (χ0n) is 20.4. The topological polar surface area (TPSA) is 117 Å². The van der Waals surface area contributed by atoms with Crippen molar-refractivity contribution in [3.8, 4) is 0 Å². The Labute approximate surface area is 202 Å². The second-order valence-electron chi connectivity index (χ2n) is 8.98. The van der Waals surface area contributed by atoms with Crippen molar-refractivity contribution >= 4 is 23.5 Å². The number of nitrogens with one attached hydrogen (secondary N) is 1. The summed E-state index contributed by atoms with van der Waals surface area (Å²) in [4.78, 5) is 33.9. The van der Waals surface area contributed by atoms with Gasteiger partial charge in [0.1, 0.15) is 0 Å². The van der Waals surface area contributed by atoms with Crippen LogP contribution in [0.4, 0.5) is 5.69 Å². The van der Waals surface area contributed by atoms with Crippen LogP contribution >= 0.6 is 0 Å². The van der Waals surface area contributed by atoms with E-state index in [1.165, 1.54) is 4.90 Å². The van der Waals surface area contributed by atoms with E-state index >= 15 is 0 Å².